The zero-order chi connectivity index (χ0) is 26.6. The van der Waals surface area contributed by atoms with Gasteiger partial charge >= 0.3 is 0 Å². The van der Waals surface area contributed by atoms with Crippen molar-refractivity contribution in [3.05, 3.63) is 52.5 Å². The van der Waals surface area contributed by atoms with Crippen LogP contribution in [0.15, 0.2) is 46.9 Å². The third-order valence-electron chi connectivity index (χ3n) is 6.71. The first kappa shape index (κ1) is 27.3. The second-order valence-electron chi connectivity index (χ2n) is 9.47. The van der Waals surface area contributed by atoms with E-state index in [1.807, 2.05) is 24.3 Å². The first-order valence-corrected chi connectivity index (χ1v) is 15.0. The second kappa shape index (κ2) is 11.7. The molecule has 1 saturated carbocycles. The highest BCUT2D eigenvalue weighted by molar-refractivity contribution is 9.10. The summed E-state index contributed by atoms with van der Waals surface area (Å²) in [7, 11) is -3.83. The van der Waals surface area contributed by atoms with Crippen LogP contribution >= 0.6 is 15.9 Å². The average Bonchev–Trinajstić information content (AvgIpc) is 3.34. The lowest BCUT2D eigenvalue weighted by atomic mass is 9.95. The van der Waals surface area contributed by atoms with Crippen LogP contribution in [-0.4, -0.2) is 56.8 Å². The zero-order valence-electron chi connectivity index (χ0n) is 21.0. The van der Waals surface area contributed by atoms with Crippen LogP contribution in [0, 0.1) is 0 Å². The van der Waals surface area contributed by atoms with E-state index in [4.69, 9.17) is 9.47 Å². The molecule has 0 radical (unpaired) electrons. The van der Waals surface area contributed by atoms with Gasteiger partial charge in [0.2, 0.25) is 28.6 Å². The minimum Gasteiger partial charge on any atom is -0.454 e. The topological polar surface area (TPSA) is 105 Å². The van der Waals surface area contributed by atoms with Gasteiger partial charge in [0.1, 0.15) is 12.6 Å². The van der Waals surface area contributed by atoms with Crippen molar-refractivity contribution in [3.8, 4) is 11.5 Å². The van der Waals surface area contributed by atoms with E-state index in [1.165, 1.54) is 11.0 Å². The van der Waals surface area contributed by atoms with Crippen molar-refractivity contribution in [1.29, 1.82) is 0 Å². The smallest absolute Gasteiger partial charge is 0.244 e. The number of hydrogen-bond acceptors (Lipinski definition) is 6. The molecule has 2 aromatic rings. The van der Waals surface area contributed by atoms with E-state index in [2.05, 4.69) is 21.2 Å². The Labute approximate surface area is 226 Å². The fraction of sp³-hybridized carbons (Fsp3) is 0.462. The van der Waals surface area contributed by atoms with Crippen molar-refractivity contribution in [2.45, 2.75) is 57.7 Å². The largest absolute Gasteiger partial charge is 0.454 e. The van der Waals surface area contributed by atoms with Gasteiger partial charge in [0.15, 0.2) is 11.5 Å². The summed E-state index contributed by atoms with van der Waals surface area (Å²) in [6.07, 6.45) is 6.19. The first-order valence-electron chi connectivity index (χ1n) is 12.3. The molecule has 37 heavy (non-hydrogen) atoms. The molecule has 1 fully saturated rings. The lowest BCUT2D eigenvalue weighted by Crippen LogP contribution is -2.52. The molecule has 4 rings (SSSR count). The summed E-state index contributed by atoms with van der Waals surface area (Å²) in [6, 6.07) is 11.5. The van der Waals surface area contributed by atoms with Gasteiger partial charge in [-0.1, -0.05) is 47.3 Å². The number of fused-ring (bicyclic) bond motifs is 1. The number of hydrogen-bond donors (Lipinski definition) is 1. The third-order valence-corrected chi connectivity index (χ3v) is 8.38. The molecule has 1 aliphatic heterocycles. The van der Waals surface area contributed by atoms with Crippen LogP contribution in [0.1, 0.15) is 44.6 Å². The molecule has 11 heteroatoms. The number of rotatable bonds is 9. The van der Waals surface area contributed by atoms with Crippen molar-refractivity contribution < 1.29 is 27.5 Å². The van der Waals surface area contributed by atoms with Gasteiger partial charge < -0.3 is 19.7 Å². The molecule has 2 amide bonds. The summed E-state index contributed by atoms with van der Waals surface area (Å²) in [5.74, 6) is 0.183. The number of nitrogens with zero attached hydrogens (tertiary/aromatic N) is 2. The fourth-order valence-electron chi connectivity index (χ4n) is 4.59. The molecule has 0 spiro atoms. The Morgan fingerprint density at radius 3 is 2.41 bits per heavy atom. The number of carbonyl (C=O) groups excluding carboxylic acids is 2. The van der Waals surface area contributed by atoms with Gasteiger partial charge in [-0.05, 0) is 49.6 Å². The van der Waals surface area contributed by atoms with Gasteiger partial charge in [0.05, 0.1) is 11.9 Å². The number of amides is 2. The molecule has 1 N–H and O–H groups in total. The molecule has 2 aliphatic rings. The number of halogens is 1. The van der Waals surface area contributed by atoms with E-state index < -0.39 is 28.5 Å². The van der Waals surface area contributed by atoms with Gasteiger partial charge in [-0.15, -0.1) is 0 Å². The Kier molecular flexibility index (Phi) is 8.63. The van der Waals surface area contributed by atoms with Gasteiger partial charge in [-0.2, -0.15) is 0 Å². The van der Waals surface area contributed by atoms with Gasteiger partial charge in [0.25, 0.3) is 0 Å². The van der Waals surface area contributed by atoms with Gasteiger partial charge in [-0.3, -0.25) is 13.9 Å². The van der Waals surface area contributed by atoms with E-state index >= 15 is 0 Å². The number of benzene rings is 2. The molecule has 1 heterocycles. The summed E-state index contributed by atoms with van der Waals surface area (Å²) in [6.45, 7) is 1.42. The number of ether oxygens (including phenoxy) is 2. The van der Waals surface area contributed by atoms with Crippen LogP contribution in [0.4, 0.5) is 5.69 Å². The predicted molar refractivity (Wildman–Crippen MR) is 144 cm³/mol. The van der Waals surface area contributed by atoms with E-state index in [0.717, 1.165) is 52.7 Å². The number of anilines is 1. The minimum atomic E-state index is -3.83. The summed E-state index contributed by atoms with van der Waals surface area (Å²) in [4.78, 5) is 28.3. The van der Waals surface area contributed by atoms with Gasteiger partial charge in [-0.25, -0.2) is 8.42 Å². The van der Waals surface area contributed by atoms with Crippen LogP contribution in [0.3, 0.4) is 0 Å². The highest BCUT2D eigenvalue weighted by Crippen LogP contribution is 2.36. The van der Waals surface area contributed by atoms with Crippen LogP contribution in [0.25, 0.3) is 0 Å². The SMILES string of the molecule is C[C@@H](C(=O)NC1CCCCC1)N(Cc1ccc(Br)cc1)C(=O)CN(c1ccc2c(c1)OCO2)S(C)(=O)=O. The Hall–Kier alpha value is -2.79. The maximum Gasteiger partial charge on any atom is 0.244 e. The van der Waals surface area contributed by atoms with E-state index in [-0.39, 0.29) is 31.0 Å². The lowest BCUT2D eigenvalue weighted by molar-refractivity contribution is -0.139. The fourth-order valence-corrected chi connectivity index (χ4v) is 5.70. The molecule has 1 aliphatic carbocycles. The first-order chi connectivity index (χ1) is 17.6. The Bertz CT molecular complexity index is 1230. The zero-order valence-corrected chi connectivity index (χ0v) is 23.4. The maximum atomic E-state index is 13.7. The molecule has 0 aromatic heterocycles. The second-order valence-corrected chi connectivity index (χ2v) is 12.3. The monoisotopic (exact) mass is 593 g/mol. The molecule has 2 aromatic carbocycles. The number of carbonyl (C=O) groups is 2. The van der Waals surface area contributed by atoms with E-state index in [0.29, 0.717) is 11.5 Å². The summed E-state index contributed by atoms with van der Waals surface area (Å²) < 4.78 is 38.1. The molecule has 200 valence electrons. The minimum absolute atomic E-state index is 0.0468. The lowest BCUT2D eigenvalue weighted by Gasteiger charge is -2.33. The molecular formula is C26H32BrN3O6S. The third kappa shape index (κ3) is 6.95. The molecular weight excluding hydrogens is 562 g/mol. The quantitative estimate of drug-likeness (QED) is 0.474. The Morgan fingerprint density at radius 1 is 1.05 bits per heavy atom. The van der Waals surface area contributed by atoms with Crippen molar-refractivity contribution >= 4 is 43.5 Å². The normalized spacial score (nSPS) is 16.2. The summed E-state index contributed by atoms with van der Waals surface area (Å²) >= 11 is 3.41. The van der Waals surface area contributed by atoms with Crippen LogP contribution < -0.4 is 19.1 Å². The number of sulfonamides is 1. The van der Waals surface area contributed by atoms with Crippen LogP contribution in [0.5, 0.6) is 11.5 Å². The highest BCUT2D eigenvalue weighted by Gasteiger charge is 2.31. The van der Waals surface area contributed by atoms with Crippen molar-refractivity contribution in [2.75, 3.05) is 23.9 Å². The Morgan fingerprint density at radius 2 is 1.73 bits per heavy atom. The standard InChI is InChI=1S/C26H32BrN3O6S/c1-18(26(32)28-21-6-4-3-5-7-21)29(15-19-8-10-20(27)11-9-19)25(31)16-30(37(2,33)34)22-12-13-23-24(14-22)36-17-35-23/h8-14,18,21H,3-7,15-17H2,1-2H3,(H,28,32)/t18-/m0/s1. The van der Waals surface area contributed by atoms with Crippen LogP contribution in [0.2, 0.25) is 0 Å². The van der Waals surface area contributed by atoms with Crippen molar-refractivity contribution in [3.63, 3.8) is 0 Å². The van der Waals surface area contributed by atoms with Crippen molar-refractivity contribution in [1.82, 2.24) is 10.2 Å². The summed E-state index contributed by atoms with van der Waals surface area (Å²) in [5.41, 5.74) is 1.10. The molecule has 0 saturated heterocycles. The number of nitrogens with one attached hydrogen (secondary N) is 1. The van der Waals surface area contributed by atoms with E-state index in [9.17, 15) is 18.0 Å². The molecule has 9 nitrogen and oxygen atoms in total. The predicted octanol–water partition coefficient (Wildman–Crippen LogP) is 3.81. The van der Waals surface area contributed by atoms with E-state index in [1.54, 1.807) is 19.1 Å². The molecule has 1 atom stereocenters. The highest BCUT2D eigenvalue weighted by atomic mass is 79.9. The van der Waals surface area contributed by atoms with Gasteiger partial charge in [0, 0.05) is 23.1 Å². The Balaban J connectivity index is 1.58. The average molecular weight is 595 g/mol. The summed E-state index contributed by atoms with van der Waals surface area (Å²) in [5, 5.41) is 3.09. The molecule has 0 bridgehead atoms. The van der Waals surface area contributed by atoms with Crippen molar-refractivity contribution in [2.24, 2.45) is 0 Å². The maximum absolute atomic E-state index is 13.7. The van der Waals surface area contributed by atoms with Crippen LogP contribution in [-0.2, 0) is 26.2 Å². The molecule has 0 unspecified atom stereocenters.